The van der Waals surface area contributed by atoms with Gasteiger partial charge in [0, 0.05) is 21.0 Å². The summed E-state index contributed by atoms with van der Waals surface area (Å²) < 4.78 is 1.12. The molecule has 6 heteroatoms. The Kier molecular flexibility index (Phi) is 22.7. The fourth-order valence-electron chi connectivity index (χ4n) is 12.3. The maximum atomic E-state index is 6.19. The van der Waals surface area contributed by atoms with Gasteiger partial charge >= 0.3 is 120 Å². The van der Waals surface area contributed by atoms with Crippen LogP contribution in [0.15, 0.2) is 107 Å². The summed E-state index contributed by atoms with van der Waals surface area (Å²) in [5, 5.41) is 0. The van der Waals surface area contributed by atoms with Crippen LogP contribution in [-0.2, 0) is 13.5 Å². The summed E-state index contributed by atoms with van der Waals surface area (Å²) in [5.74, 6) is 1.24. The van der Waals surface area contributed by atoms with Crippen molar-refractivity contribution in [3.8, 4) is 0 Å². The Morgan fingerprint density at radius 1 is 0.531 bits per heavy atom. The quantitative estimate of drug-likeness (QED) is 0.162. The van der Waals surface area contributed by atoms with E-state index < -0.39 is 13.5 Å². The van der Waals surface area contributed by atoms with Crippen LogP contribution in [0.5, 0.6) is 0 Å². The zero-order valence-electron chi connectivity index (χ0n) is 41.8. The molecule has 9 rings (SSSR count). The number of benzene rings is 2. The van der Waals surface area contributed by atoms with Crippen LogP contribution in [0.25, 0.3) is 5.57 Å². The van der Waals surface area contributed by atoms with Crippen LogP contribution in [-0.4, -0.2) is 44.0 Å². The molecule has 0 amide bonds. The van der Waals surface area contributed by atoms with Crippen LogP contribution < -0.4 is 0 Å². The fraction of sp³-hybridized carbons (Fsp3) is 0.586. The second-order valence-corrected chi connectivity index (χ2v) is 28.6. The number of halogens is 2. The van der Waals surface area contributed by atoms with Crippen molar-refractivity contribution in [3.63, 3.8) is 0 Å². The van der Waals surface area contributed by atoms with Crippen molar-refractivity contribution in [2.75, 3.05) is 13.1 Å². The molecule has 2 unspecified atom stereocenters. The van der Waals surface area contributed by atoms with Crippen molar-refractivity contribution in [1.29, 1.82) is 0 Å². The average Bonchev–Trinajstić information content (AvgIpc) is 3.95. The molecule has 0 bridgehead atoms. The third kappa shape index (κ3) is 14.1. The first kappa shape index (κ1) is 53.2. The average molecular weight is 1020 g/mol. The molecule has 2 aromatic rings. The normalized spacial score (nSPS) is 23.3. The minimum absolute atomic E-state index is 0.0465. The van der Waals surface area contributed by atoms with E-state index in [1.807, 2.05) is 52.0 Å². The van der Waals surface area contributed by atoms with Gasteiger partial charge in [-0.2, -0.15) is 6.67 Å². The van der Waals surface area contributed by atoms with Gasteiger partial charge in [-0.1, -0.05) is 84.1 Å². The maximum absolute atomic E-state index is 6.19. The summed E-state index contributed by atoms with van der Waals surface area (Å²) in [6.45, 7) is 26.4. The van der Waals surface area contributed by atoms with E-state index >= 15 is 0 Å². The van der Waals surface area contributed by atoms with E-state index in [-0.39, 0.29) is 7.92 Å². The number of rotatable bonds is 6. The van der Waals surface area contributed by atoms with Gasteiger partial charge in [-0.25, -0.2) is 0 Å². The third-order valence-electron chi connectivity index (χ3n) is 14.6. The first-order chi connectivity index (χ1) is 31.1. The van der Waals surface area contributed by atoms with Gasteiger partial charge in [-0.3, -0.25) is 0 Å². The third-order valence-corrected chi connectivity index (χ3v) is 22.3. The van der Waals surface area contributed by atoms with E-state index in [4.69, 9.17) is 19.4 Å². The predicted molar refractivity (Wildman–Crippen MR) is 286 cm³/mol. The molecule has 0 spiro atoms. The summed E-state index contributed by atoms with van der Waals surface area (Å²) in [6.07, 6.45) is 33.1. The Balaban J connectivity index is 0.000000175. The Labute approximate surface area is 407 Å². The first-order valence-electron chi connectivity index (χ1n) is 25.8. The molecule has 356 valence electrons. The first-order valence-corrected chi connectivity index (χ1v) is 32.9. The van der Waals surface area contributed by atoms with Crippen LogP contribution in [0, 0.1) is 18.5 Å². The number of fused-ring (bicyclic) bond motifs is 1. The van der Waals surface area contributed by atoms with Crippen LogP contribution in [0.2, 0.25) is 0 Å². The van der Waals surface area contributed by atoms with E-state index in [2.05, 4.69) is 107 Å². The number of nitrogens with zero attached hydrogens (tertiary/aromatic N) is 2. The molecule has 6 aliphatic carbocycles. The number of allylic oxidation sites excluding steroid dienone is 9. The summed E-state index contributed by atoms with van der Waals surface area (Å²) in [4.78, 5) is 5.00. The molecule has 1 aliphatic heterocycles. The summed E-state index contributed by atoms with van der Waals surface area (Å²) in [7, 11) is 12.3. The second-order valence-electron chi connectivity index (χ2n) is 19.3. The number of hydrogen-bond acceptors (Lipinski definition) is 2. The van der Waals surface area contributed by atoms with E-state index in [0.717, 1.165) is 17.2 Å². The molecule has 2 aromatic carbocycles. The Bertz CT molecular complexity index is 1860. The van der Waals surface area contributed by atoms with Gasteiger partial charge in [0.2, 0.25) is 0 Å². The van der Waals surface area contributed by atoms with Crippen LogP contribution in [0.3, 0.4) is 0 Å². The van der Waals surface area contributed by atoms with E-state index in [0.29, 0.717) is 11.8 Å². The van der Waals surface area contributed by atoms with Gasteiger partial charge in [-0.15, -0.1) is 0 Å². The van der Waals surface area contributed by atoms with E-state index in [9.17, 15) is 0 Å². The molecule has 64 heavy (non-hydrogen) atoms. The molecular formula is C58H87Cl2N2PRu. The SMILES string of the molecule is C1CCC([PH+](C2CCCCC2)C2CCCCC2)CC1.CC.CC.CC1=CC(C)=C(N2[CH-]N(C3=C(C)C=C(C)CC3C)CC2)C(C)C1.[Cl][Ru]([Cl])=[C]1C=C(c2ccccc2)c2ccccc21. The number of hydrogen-bond donors (Lipinski definition) is 0. The van der Waals surface area contributed by atoms with Crippen molar-refractivity contribution in [2.24, 2.45) is 11.8 Å². The monoisotopic (exact) mass is 1010 g/mol. The van der Waals surface area contributed by atoms with Crippen molar-refractivity contribution < 1.29 is 13.5 Å². The van der Waals surface area contributed by atoms with Crippen molar-refractivity contribution in [2.45, 2.75) is 195 Å². The van der Waals surface area contributed by atoms with Crippen LogP contribution in [0.4, 0.5) is 0 Å². The molecule has 0 N–H and O–H groups in total. The molecular weight excluding hydrogens is 928 g/mol. The standard InChI is InChI=1S/C21H31N2.C18H33P.C15H10.2C2H6.2ClH.Ru/c1-14-9-16(3)20(17(4)10-14)22-7-8-23(13-22)21-18(5)11-15(2)12-19(21)6;1-4-10-16(11-5-1)19(17-12-6-2-7-13-17)18-14-8-3-9-15-18;1-2-6-12(7-3-1)15-11-10-13-8-4-5-9-14(13)15;2*1-2;;;/h9,11,13,17,19H,7-8,10,12H2,1-6H3;16-18H,1-15H2;1-9,11H;2*1-2H3;2*1H;/q-1;;;;;;;+2/p-1. The molecule has 0 radical (unpaired) electrons. The summed E-state index contributed by atoms with van der Waals surface area (Å²) in [6, 6.07) is 18.7. The molecule has 7 aliphatic rings. The zero-order valence-corrected chi connectivity index (χ0v) is 46.1. The molecule has 2 atom stereocenters. The van der Waals surface area contributed by atoms with Crippen molar-refractivity contribution in [1.82, 2.24) is 9.80 Å². The predicted octanol–water partition coefficient (Wildman–Crippen LogP) is 18.1. The van der Waals surface area contributed by atoms with Crippen molar-refractivity contribution in [3.05, 3.63) is 130 Å². The van der Waals surface area contributed by atoms with Gasteiger partial charge < -0.3 is 9.80 Å². The molecule has 3 saturated carbocycles. The fourth-order valence-corrected chi connectivity index (χ4v) is 20.0. The van der Waals surface area contributed by atoms with Crippen LogP contribution >= 0.6 is 27.3 Å². The van der Waals surface area contributed by atoms with Gasteiger partial charge in [-0.05, 0) is 152 Å². The van der Waals surface area contributed by atoms with Crippen molar-refractivity contribution >= 4 is 37.0 Å². The van der Waals surface area contributed by atoms with E-state index in [1.54, 1.807) is 96.3 Å². The Morgan fingerprint density at radius 3 is 1.31 bits per heavy atom. The molecule has 0 aromatic heterocycles. The summed E-state index contributed by atoms with van der Waals surface area (Å²) in [5.41, 5.74) is 17.5. The molecule has 1 saturated heterocycles. The minimum atomic E-state index is -1.88. The topological polar surface area (TPSA) is 6.48 Å². The van der Waals surface area contributed by atoms with Gasteiger partial charge in [0.1, 0.15) is 0 Å². The molecule has 1 heterocycles. The second kappa shape index (κ2) is 27.3. The van der Waals surface area contributed by atoms with Gasteiger partial charge in [0.15, 0.2) is 0 Å². The Hall–Kier alpha value is -1.76. The molecule has 2 nitrogen and oxygen atoms in total. The van der Waals surface area contributed by atoms with Gasteiger partial charge in [0.25, 0.3) is 0 Å². The van der Waals surface area contributed by atoms with Gasteiger partial charge in [0.05, 0.1) is 17.0 Å². The van der Waals surface area contributed by atoms with E-state index in [1.165, 1.54) is 85.8 Å². The summed E-state index contributed by atoms with van der Waals surface area (Å²) >= 11 is -1.88. The Morgan fingerprint density at radius 2 is 0.922 bits per heavy atom. The van der Waals surface area contributed by atoms with Crippen LogP contribution in [0.1, 0.15) is 195 Å². The zero-order chi connectivity index (χ0) is 46.2. The molecule has 4 fully saturated rings.